The van der Waals surface area contributed by atoms with Gasteiger partial charge >= 0.3 is 5.69 Å². The molecular formula is C11H10N4O4S. The Balaban J connectivity index is 2.41. The molecule has 0 saturated heterocycles. The number of nitrogens with zero attached hydrogens (tertiary/aromatic N) is 3. The molecule has 0 fully saturated rings. The summed E-state index contributed by atoms with van der Waals surface area (Å²) in [6, 6.07) is 4.20. The largest absolute Gasteiger partial charge is 0.343 e. The molecule has 1 aromatic heterocycles. The second-order valence-electron chi connectivity index (χ2n) is 3.96. The molecule has 0 spiro atoms. The Hall–Kier alpha value is -2.42. The third kappa shape index (κ3) is 2.62. The fourth-order valence-electron chi connectivity index (χ4n) is 1.55. The van der Waals surface area contributed by atoms with Crippen molar-refractivity contribution in [2.45, 2.75) is 17.0 Å². The average molecular weight is 294 g/mol. The van der Waals surface area contributed by atoms with Crippen molar-refractivity contribution in [1.82, 2.24) is 14.8 Å². The van der Waals surface area contributed by atoms with Crippen molar-refractivity contribution in [1.29, 1.82) is 0 Å². The molecule has 20 heavy (non-hydrogen) atoms. The highest BCUT2D eigenvalue weighted by Crippen LogP contribution is 2.29. The highest BCUT2D eigenvalue weighted by Gasteiger charge is 2.18. The zero-order valence-electron chi connectivity index (χ0n) is 10.6. The average Bonchev–Trinajstić information content (AvgIpc) is 2.70. The van der Waals surface area contributed by atoms with Crippen LogP contribution in [0, 0.1) is 10.1 Å². The number of Topliss-reactive ketones (excluding diaryl/α,β-unsaturated/α-hetero) is 1. The van der Waals surface area contributed by atoms with Crippen LogP contribution < -0.4 is 5.69 Å². The Labute approximate surface area is 117 Å². The van der Waals surface area contributed by atoms with Gasteiger partial charge in [0.05, 0.1) is 10.5 Å². The van der Waals surface area contributed by atoms with E-state index in [0.29, 0.717) is 10.1 Å². The molecular weight excluding hydrogens is 284 g/mol. The number of ketones is 1. The standard InChI is InChI=1S/C11H10N4O4S/c1-6(16)8-5-7(3-4-9(8)15(18)19)20-11-13-12-10(17)14(11)2/h3-5H,1-2H3,(H,12,17). The zero-order chi connectivity index (χ0) is 14.9. The van der Waals surface area contributed by atoms with Crippen LogP contribution in [-0.2, 0) is 7.05 Å². The molecule has 1 N–H and O–H groups in total. The van der Waals surface area contributed by atoms with Crippen LogP contribution in [0.25, 0.3) is 0 Å². The first-order chi connectivity index (χ1) is 9.40. The molecule has 0 aliphatic heterocycles. The summed E-state index contributed by atoms with van der Waals surface area (Å²) in [5.74, 6) is -0.393. The van der Waals surface area contributed by atoms with E-state index in [1.165, 1.54) is 29.7 Å². The zero-order valence-corrected chi connectivity index (χ0v) is 11.4. The SMILES string of the molecule is CC(=O)c1cc(Sc2n[nH]c(=O)n2C)ccc1[N+](=O)[O-]. The maximum Gasteiger partial charge on any atom is 0.343 e. The minimum atomic E-state index is -0.602. The molecule has 104 valence electrons. The minimum absolute atomic E-state index is 0.0283. The van der Waals surface area contributed by atoms with Crippen LogP contribution in [0.2, 0.25) is 0 Å². The third-order valence-electron chi connectivity index (χ3n) is 2.59. The lowest BCUT2D eigenvalue weighted by Gasteiger charge is -2.03. The van der Waals surface area contributed by atoms with Crippen LogP contribution in [0.3, 0.4) is 0 Å². The Morgan fingerprint density at radius 1 is 1.50 bits per heavy atom. The van der Waals surface area contributed by atoms with E-state index >= 15 is 0 Å². The van der Waals surface area contributed by atoms with Crippen molar-refractivity contribution in [2.75, 3.05) is 0 Å². The molecule has 0 radical (unpaired) electrons. The Bertz CT molecular complexity index is 749. The summed E-state index contributed by atoms with van der Waals surface area (Å²) in [5.41, 5.74) is -0.570. The fourth-order valence-corrected chi connectivity index (χ4v) is 2.38. The van der Waals surface area contributed by atoms with Crippen molar-refractivity contribution in [3.8, 4) is 0 Å². The predicted molar refractivity (Wildman–Crippen MR) is 71.1 cm³/mol. The van der Waals surface area contributed by atoms with E-state index in [0.717, 1.165) is 11.8 Å². The van der Waals surface area contributed by atoms with Crippen molar-refractivity contribution in [2.24, 2.45) is 7.05 Å². The van der Waals surface area contributed by atoms with E-state index in [-0.39, 0.29) is 16.9 Å². The maximum atomic E-state index is 11.5. The summed E-state index contributed by atoms with van der Waals surface area (Å²) in [6.45, 7) is 1.26. The van der Waals surface area contributed by atoms with Crippen LogP contribution in [0.4, 0.5) is 5.69 Å². The second-order valence-corrected chi connectivity index (χ2v) is 5.01. The molecule has 0 saturated carbocycles. The van der Waals surface area contributed by atoms with Crippen LogP contribution >= 0.6 is 11.8 Å². The minimum Gasteiger partial charge on any atom is -0.294 e. The van der Waals surface area contributed by atoms with E-state index in [9.17, 15) is 19.7 Å². The summed E-state index contributed by atoms with van der Waals surface area (Å²) < 4.78 is 1.31. The van der Waals surface area contributed by atoms with E-state index in [1.54, 1.807) is 7.05 Å². The Morgan fingerprint density at radius 2 is 2.20 bits per heavy atom. The van der Waals surface area contributed by atoms with Crippen molar-refractivity contribution < 1.29 is 9.72 Å². The molecule has 0 unspecified atom stereocenters. The quantitative estimate of drug-likeness (QED) is 0.518. The van der Waals surface area contributed by atoms with Gasteiger partial charge in [-0.1, -0.05) is 0 Å². The molecule has 2 rings (SSSR count). The monoisotopic (exact) mass is 294 g/mol. The molecule has 0 atom stereocenters. The number of hydrogen-bond donors (Lipinski definition) is 1. The van der Waals surface area contributed by atoms with Gasteiger partial charge < -0.3 is 0 Å². The summed E-state index contributed by atoms with van der Waals surface area (Å²) in [7, 11) is 1.55. The van der Waals surface area contributed by atoms with Gasteiger partial charge in [0.15, 0.2) is 10.9 Å². The molecule has 9 heteroatoms. The molecule has 1 aromatic carbocycles. The number of rotatable bonds is 4. The topological polar surface area (TPSA) is 111 Å². The number of carbonyl (C=O) groups excluding carboxylic acids is 1. The molecule has 0 bridgehead atoms. The summed E-state index contributed by atoms with van der Waals surface area (Å²) in [6.07, 6.45) is 0. The van der Waals surface area contributed by atoms with E-state index < -0.39 is 10.7 Å². The van der Waals surface area contributed by atoms with Gasteiger partial charge in [-0.05, 0) is 30.8 Å². The molecule has 0 amide bonds. The van der Waals surface area contributed by atoms with Crippen molar-refractivity contribution in [3.05, 3.63) is 44.4 Å². The predicted octanol–water partition coefficient (Wildman–Crippen LogP) is 1.37. The fraction of sp³-hybridized carbons (Fsp3) is 0.182. The number of nitrogens with one attached hydrogen (secondary N) is 1. The number of nitro benzene ring substituents is 1. The van der Waals surface area contributed by atoms with Gasteiger partial charge in [0.2, 0.25) is 0 Å². The first-order valence-corrected chi connectivity index (χ1v) is 6.30. The summed E-state index contributed by atoms with van der Waals surface area (Å²) in [4.78, 5) is 33.5. The normalized spacial score (nSPS) is 10.5. The number of H-pyrrole nitrogens is 1. The third-order valence-corrected chi connectivity index (χ3v) is 3.63. The Morgan fingerprint density at radius 3 is 2.70 bits per heavy atom. The second kappa shape index (κ2) is 5.29. The van der Waals surface area contributed by atoms with Gasteiger partial charge in [-0.2, -0.15) is 0 Å². The highest BCUT2D eigenvalue weighted by molar-refractivity contribution is 7.99. The first-order valence-electron chi connectivity index (χ1n) is 5.48. The van der Waals surface area contributed by atoms with E-state index in [2.05, 4.69) is 10.2 Å². The van der Waals surface area contributed by atoms with Crippen molar-refractivity contribution in [3.63, 3.8) is 0 Å². The maximum absolute atomic E-state index is 11.5. The van der Waals surface area contributed by atoms with E-state index in [4.69, 9.17) is 0 Å². The lowest BCUT2D eigenvalue weighted by molar-refractivity contribution is -0.385. The van der Waals surface area contributed by atoms with Crippen LogP contribution in [0.1, 0.15) is 17.3 Å². The number of aromatic nitrogens is 3. The molecule has 1 heterocycles. The van der Waals surface area contributed by atoms with E-state index in [1.807, 2.05) is 0 Å². The first kappa shape index (κ1) is 14.0. The summed E-state index contributed by atoms with van der Waals surface area (Å²) in [5, 5.41) is 17.3. The molecule has 2 aromatic rings. The van der Waals surface area contributed by atoms with Gasteiger partial charge in [0.25, 0.3) is 5.69 Å². The lowest BCUT2D eigenvalue weighted by Crippen LogP contribution is -2.12. The van der Waals surface area contributed by atoms with Gasteiger partial charge in [-0.25, -0.2) is 9.89 Å². The smallest absolute Gasteiger partial charge is 0.294 e. The highest BCUT2D eigenvalue weighted by atomic mass is 32.2. The van der Waals surface area contributed by atoms with Gasteiger partial charge in [0.1, 0.15) is 0 Å². The lowest BCUT2D eigenvalue weighted by atomic mass is 10.1. The number of hydrogen-bond acceptors (Lipinski definition) is 6. The molecule has 0 aliphatic carbocycles. The van der Waals surface area contributed by atoms with Gasteiger partial charge in [-0.15, -0.1) is 5.10 Å². The number of carbonyl (C=O) groups is 1. The Kier molecular flexibility index (Phi) is 3.70. The number of benzene rings is 1. The van der Waals surface area contributed by atoms with Crippen LogP contribution in [0.5, 0.6) is 0 Å². The van der Waals surface area contributed by atoms with Gasteiger partial charge in [-0.3, -0.25) is 19.5 Å². The molecule has 0 aliphatic rings. The van der Waals surface area contributed by atoms with Gasteiger partial charge in [0, 0.05) is 18.0 Å². The number of aromatic amines is 1. The van der Waals surface area contributed by atoms with Crippen LogP contribution in [-0.4, -0.2) is 25.5 Å². The van der Waals surface area contributed by atoms with Crippen LogP contribution in [0.15, 0.2) is 33.0 Å². The number of nitro groups is 1. The van der Waals surface area contributed by atoms with Crippen molar-refractivity contribution >= 4 is 23.2 Å². The summed E-state index contributed by atoms with van der Waals surface area (Å²) >= 11 is 1.13. The molecule has 8 nitrogen and oxygen atoms in total.